The Morgan fingerprint density at radius 2 is 1.79 bits per heavy atom. The van der Waals surface area contributed by atoms with E-state index in [1.165, 1.54) is 17.2 Å². The van der Waals surface area contributed by atoms with Crippen molar-refractivity contribution in [1.82, 2.24) is 19.5 Å². The van der Waals surface area contributed by atoms with E-state index < -0.39 is 18.0 Å². The fourth-order valence-electron chi connectivity index (χ4n) is 5.99. The van der Waals surface area contributed by atoms with Gasteiger partial charge in [-0.25, -0.2) is 13.9 Å². The second-order valence-corrected chi connectivity index (χ2v) is 11.0. The predicted octanol–water partition coefficient (Wildman–Crippen LogP) is 3.71. The van der Waals surface area contributed by atoms with Crippen LogP contribution in [-0.2, 0) is 6.42 Å². The van der Waals surface area contributed by atoms with Crippen molar-refractivity contribution in [2.24, 2.45) is 0 Å². The number of aliphatic hydroxyl groups excluding tert-OH is 2. The lowest BCUT2D eigenvalue weighted by Gasteiger charge is -2.35. The summed E-state index contributed by atoms with van der Waals surface area (Å²) in [5.74, 6) is -0.249. The largest absolute Gasteiger partial charge is 0.389 e. The molecule has 0 spiro atoms. The number of β-amino-alcohol motifs (C(OH)–C–C–N with tert-alkyl or cyclic N) is 2. The first-order valence-corrected chi connectivity index (χ1v) is 13.6. The zero-order valence-electron chi connectivity index (χ0n) is 21.7. The highest BCUT2D eigenvalue weighted by molar-refractivity contribution is 5.93. The maximum absolute atomic E-state index is 15.3. The summed E-state index contributed by atoms with van der Waals surface area (Å²) in [5.41, 5.74) is 5.67. The molecule has 2 fully saturated rings. The van der Waals surface area contributed by atoms with Crippen LogP contribution in [0.2, 0.25) is 0 Å². The van der Waals surface area contributed by atoms with Gasteiger partial charge in [-0.1, -0.05) is 24.3 Å². The second kappa shape index (κ2) is 9.14. The van der Waals surface area contributed by atoms with Crippen LogP contribution in [0, 0.1) is 5.82 Å². The van der Waals surface area contributed by atoms with Gasteiger partial charge in [0.05, 0.1) is 23.9 Å². The summed E-state index contributed by atoms with van der Waals surface area (Å²) in [6.07, 6.45) is 1.15. The molecule has 0 bridgehead atoms. The second-order valence-electron chi connectivity index (χ2n) is 11.0. The number of aromatic nitrogens is 3. The number of carbonyl (C=O) groups is 1. The zero-order chi connectivity index (χ0) is 26.8. The quantitative estimate of drug-likeness (QED) is 0.420. The number of carbonyl (C=O) groups excluding carboxylic acids is 1. The third-order valence-corrected chi connectivity index (χ3v) is 8.38. The summed E-state index contributed by atoms with van der Waals surface area (Å²) >= 11 is 0. The molecule has 1 saturated carbocycles. The van der Waals surface area contributed by atoms with E-state index >= 15 is 4.39 Å². The Labute approximate surface area is 225 Å². The van der Waals surface area contributed by atoms with Gasteiger partial charge < -0.3 is 20.0 Å². The average Bonchev–Trinajstić information content (AvgIpc) is 3.61. The Kier molecular flexibility index (Phi) is 5.68. The van der Waals surface area contributed by atoms with E-state index in [2.05, 4.69) is 19.1 Å². The number of nitrogens with zero attached hydrogens (tertiary/aromatic N) is 5. The molecular formula is C30H30FN5O3. The minimum Gasteiger partial charge on any atom is -0.389 e. The number of hydrogen-bond acceptors (Lipinski definition) is 6. The monoisotopic (exact) mass is 527 g/mol. The van der Waals surface area contributed by atoms with Crippen LogP contribution < -0.4 is 4.90 Å². The van der Waals surface area contributed by atoms with E-state index in [1.54, 1.807) is 27.6 Å². The molecule has 2 aromatic heterocycles. The van der Waals surface area contributed by atoms with Gasteiger partial charge in [-0.05, 0) is 61.6 Å². The smallest absolute Gasteiger partial charge is 0.273 e. The molecule has 2 aromatic carbocycles. The van der Waals surface area contributed by atoms with Gasteiger partial charge in [0.2, 0.25) is 0 Å². The van der Waals surface area contributed by atoms with E-state index in [1.807, 2.05) is 23.1 Å². The maximum Gasteiger partial charge on any atom is 0.273 e. The molecule has 39 heavy (non-hydrogen) atoms. The van der Waals surface area contributed by atoms with Crippen molar-refractivity contribution < 1.29 is 19.4 Å². The van der Waals surface area contributed by atoms with Crippen molar-refractivity contribution in [2.45, 2.75) is 50.4 Å². The lowest BCUT2D eigenvalue weighted by Crippen LogP contribution is -2.39. The molecule has 3 atom stereocenters. The van der Waals surface area contributed by atoms with Crippen molar-refractivity contribution >= 4 is 17.2 Å². The van der Waals surface area contributed by atoms with Gasteiger partial charge in [-0.3, -0.25) is 4.79 Å². The van der Waals surface area contributed by atoms with E-state index in [9.17, 15) is 15.0 Å². The Bertz CT molecular complexity index is 1590. The summed E-state index contributed by atoms with van der Waals surface area (Å²) in [4.78, 5) is 22.1. The van der Waals surface area contributed by atoms with Crippen LogP contribution in [0.5, 0.6) is 0 Å². The van der Waals surface area contributed by atoms with E-state index in [0.29, 0.717) is 40.7 Å². The van der Waals surface area contributed by atoms with Crippen molar-refractivity contribution in [3.8, 4) is 11.3 Å². The molecule has 0 unspecified atom stereocenters. The number of halogens is 1. The molecule has 2 aliphatic heterocycles. The minimum atomic E-state index is -0.849. The fourth-order valence-corrected chi connectivity index (χ4v) is 5.99. The highest BCUT2D eigenvalue weighted by Gasteiger charge is 2.33. The molecule has 1 saturated heterocycles. The number of anilines is 1. The lowest BCUT2D eigenvalue weighted by atomic mass is 9.93. The normalized spacial score (nSPS) is 22.9. The molecule has 1 amide bonds. The number of rotatable bonds is 4. The van der Waals surface area contributed by atoms with E-state index in [4.69, 9.17) is 10.1 Å². The van der Waals surface area contributed by atoms with Crippen LogP contribution in [0.3, 0.4) is 0 Å². The Morgan fingerprint density at radius 3 is 2.54 bits per heavy atom. The standard InChI is InChI=1S/C30H30FN5O3/c1-17-21-5-3-2-4-18(21)10-11-35(17)30(39)25-13-26(19-6-7-19)36-29(32-25)14-24(33-36)22-9-8-20(12-23(22)31)34-15-27(37)28(38)16-34/h2-5,8-9,12-14,17,19,27-28,37-38H,6-7,10-11,15-16H2,1H3/t17-,27-,28-/m1/s1. The van der Waals surface area contributed by atoms with Crippen molar-refractivity contribution in [2.75, 3.05) is 24.5 Å². The Hall–Kier alpha value is -3.82. The first-order valence-electron chi connectivity index (χ1n) is 13.6. The fraction of sp³-hybridized carbons (Fsp3) is 0.367. The van der Waals surface area contributed by atoms with Gasteiger partial charge in [0.1, 0.15) is 11.5 Å². The van der Waals surface area contributed by atoms with Gasteiger partial charge in [0, 0.05) is 48.6 Å². The predicted molar refractivity (Wildman–Crippen MR) is 144 cm³/mol. The van der Waals surface area contributed by atoms with Gasteiger partial charge in [0.25, 0.3) is 5.91 Å². The summed E-state index contributed by atoms with van der Waals surface area (Å²) in [7, 11) is 0. The topological polar surface area (TPSA) is 94.2 Å². The van der Waals surface area contributed by atoms with Gasteiger partial charge in [-0.2, -0.15) is 5.10 Å². The van der Waals surface area contributed by atoms with Gasteiger partial charge in [0.15, 0.2) is 5.65 Å². The summed E-state index contributed by atoms with van der Waals surface area (Å²) < 4.78 is 17.1. The molecule has 3 aliphatic rings. The SMILES string of the molecule is C[C@@H]1c2ccccc2CCN1C(=O)c1cc(C2CC2)n2nc(-c3ccc(N4C[C@@H](O)[C@H](O)C4)cc3F)cc2n1. The maximum atomic E-state index is 15.3. The lowest BCUT2D eigenvalue weighted by molar-refractivity contribution is 0.0572. The molecule has 2 N–H and O–H groups in total. The van der Waals surface area contributed by atoms with Gasteiger partial charge in [-0.15, -0.1) is 0 Å². The van der Waals surface area contributed by atoms with E-state index in [0.717, 1.165) is 25.0 Å². The zero-order valence-corrected chi connectivity index (χ0v) is 21.7. The molecular weight excluding hydrogens is 497 g/mol. The molecule has 7 rings (SSSR count). The van der Waals surface area contributed by atoms with Crippen LogP contribution >= 0.6 is 0 Å². The molecule has 9 heteroatoms. The Balaban J connectivity index is 1.22. The number of amides is 1. The molecule has 8 nitrogen and oxygen atoms in total. The molecule has 4 heterocycles. The summed E-state index contributed by atoms with van der Waals surface area (Å²) in [6.45, 7) is 3.20. The van der Waals surface area contributed by atoms with Crippen molar-refractivity contribution in [1.29, 1.82) is 0 Å². The first kappa shape index (κ1) is 24.2. The van der Waals surface area contributed by atoms with Crippen LogP contribution in [-0.4, -0.2) is 67.5 Å². The Morgan fingerprint density at radius 1 is 1.03 bits per heavy atom. The number of fused-ring (bicyclic) bond motifs is 2. The van der Waals surface area contributed by atoms with Crippen LogP contribution in [0.4, 0.5) is 10.1 Å². The molecule has 1 aliphatic carbocycles. The summed E-state index contributed by atoms with van der Waals surface area (Å²) in [6, 6.07) is 16.7. The van der Waals surface area contributed by atoms with Crippen molar-refractivity contribution in [3.05, 3.63) is 82.9 Å². The van der Waals surface area contributed by atoms with E-state index in [-0.39, 0.29) is 25.0 Å². The van der Waals surface area contributed by atoms with Gasteiger partial charge >= 0.3 is 0 Å². The number of hydrogen-bond donors (Lipinski definition) is 2. The van der Waals surface area contributed by atoms with Crippen LogP contribution in [0.15, 0.2) is 54.6 Å². The minimum absolute atomic E-state index is 0.0456. The summed E-state index contributed by atoms with van der Waals surface area (Å²) in [5, 5.41) is 24.4. The highest BCUT2D eigenvalue weighted by atomic mass is 19.1. The third-order valence-electron chi connectivity index (χ3n) is 8.38. The van der Waals surface area contributed by atoms with Crippen molar-refractivity contribution in [3.63, 3.8) is 0 Å². The third kappa shape index (κ3) is 4.17. The molecule has 4 aromatic rings. The average molecular weight is 528 g/mol. The number of benzene rings is 2. The van der Waals surface area contributed by atoms with Crippen LogP contribution in [0.25, 0.3) is 16.9 Å². The first-order chi connectivity index (χ1) is 18.9. The molecule has 200 valence electrons. The van der Waals surface area contributed by atoms with Crippen LogP contribution in [0.1, 0.15) is 59.0 Å². The molecule has 0 radical (unpaired) electrons. The highest BCUT2D eigenvalue weighted by Crippen LogP contribution is 2.41. The number of aliphatic hydroxyl groups is 2.